The summed E-state index contributed by atoms with van der Waals surface area (Å²) in [5.74, 6) is -1.24. The van der Waals surface area contributed by atoms with E-state index >= 15 is 0 Å². The first-order valence-electron chi connectivity index (χ1n) is 4.19. The minimum absolute atomic E-state index is 0.156. The summed E-state index contributed by atoms with van der Waals surface area (Å²) in [4.78, 5) is 19.8. The van der Waals surface area contributed by atoms with Crippen molar-refractivity contribution in [1.29, 1.82) is 0 Å². The van der Waals surface area contributed by atoms with Crippen molar-refractivity contribution in [2.75, 3.05) is 5.75 Å². The predicted molar refractivity (Wildman–Crippen MR) is 59.5 cm³/mol. The van der Waals surface area contributed by atoms with E-state index in [0.717, 1.165) is 0 Å². The summed E-state index contributed by atoms with van der Waals surface area (Å²) >= 11 is 3.68. The normalized spacial score (nSPS) is 8.60. The van der Waals surface area contributed by atoms with E-state index in [2.05, 4.69) is 12.6 Å². The number of thiol groups is 1. The van der Waals surface area contributed by atoms with Gasteiger partial charge in [-0.05, 0) is 12.1 Å². The molecule has 0 radical (unpaired) electrons. The van der Waals surface area contributed by atoms with Gasteiger partial charge in [0.25, 0.3) is 0 Å². The van der Waals surface area contributed by atoms with Crippen LogP contribution in [0.1, 0.15) is 16.8 Å². The second kappa shape index (κ2) is 7.87. The van der Waals surface area contributed by atoms with Crippen LogP contribution in [0, 0.1) is 0 Å². The quantitative estimate of drug-likeness (QED) is 0.689. The van der Waals surface area contributed by atoms with Crippen molar-refractivity contribution in [1.82, 2.24) is 0 Å². The zero-order valence-electron chi connectivity index (χ0n) is 7.96. The van der Waals surface area contributed by atoms with Crippen LogP contribution in [0.25, 0.3) is 0 Å². The smallest absolute Gasteiger partial charge is 0.335 e. The molecule has 0 atom stereocenters. The standard InChI is InChI=1S/C7H6O2.C3H6O2S/c8-7(9)6-4-2-1-3-5-6;4-3(5)1-2-6/h1-5H,(H,8,9);6H,1-2H2,(H,4,5). The number of carboxylic acid groups (broad SMARTS) is 2. The Kier molecular flexibility index (Phi) is 7.09. The monoisotopic (exact) mass is 228 g/mol. The van der Waals surface area contributed by atoms with Gasteiger partial charge in [0.05, 0.1) is 12.0 Å². The molecule has 0 aliphatic rings. The fourth-order valence-corrected chi connectivity index (χ4v) is 0.868. The lowest BCUT2D eigenvalue weighted by Gasteiger charge is -1.88. The Labute approximate surface area is 93.0 Å². The third kappa shape index (κ3) is 7.57. The van der Waals surface area contributed by atoms with Crippen molar-refractivity contribution < 1.29 is 19.8 Å². The van der Waals surface area contributed by atoms with Crippen molar-refractivity contribution in [2.45, 2.75) is 6.42 Å². The summed E-state index contributed by atoms with van der Waals surface area (Å²) in [5.41, 5.74) is 0.331. The molecule has 0 aliphatic carbocycles. The Morgan fingerprint density at radius 1 is 1.13 bits per heavy atom. The largest absolute Gasteiger partial charge is 0.481 e. The maximum atomic E-state index is 10.2. The van der Waals surface area contributed by atoms with Crippen LogP contribution in [-0.4, -0.2) is 27.9 Å². The lowest BCUT2D eigenvalue weighted by Crippen LogP contribution is -1.93. The van der Waals surface area contributed by atoms with Crippen LogP contribution in [0.2, 0.25) is 0 Å². The molecule has 0 aromatic heterocycles. The molecule has 82 valence electrons. The maximum absolute atomic E-state index is 10.2. The van der Waals surface area contributed by atoms with E-state index in [4.69, 9.17) is 10.2 Å². The van der Waals surface area contributed by atoms with Gasteiger partial charge in [-0.3, -0.25) is 4.79 Å². The molecule has 0 bridgehead atoms. The first-order chi connectivity index (χ1) is 7.07. The Morgan fingerprint density at radius 3 is 1.87 bits per heavy atom. The first kappa shape index (κ1) is 13.5. The fourth-order valence-electron chi connectivity index (χ4n) is 0.676. The lowest BCUT2D eigenvalue weighted by atomic mass is 10.2. The van der Waals surface area contributed by atoms with Crippen molar-refractivity contribution >= 4 is 24.6 Å². The predicted octanol–water partition coefficient (Wildman–Crippen LogP) is 1.78. The third-order valence-corrected chi connectivity index (χ3v) is 1.57. The van der Waals surface area contributed by atoms with Crippen LogP contribution in [-0.2, 0) is 4.79 Å². The number of carboxylic acids is 2. The number of rotatable bonds is 3. The van der Waals surface area contributed by atoms with Gasteiger partial charge in [0.15, 0.2) is 0 Å². The Hall–Kier alpha value is -1.49. The van der Waals surface area contributed by atoms with Crippen LogP contribution in [0.5, 0.6) is 0 Å². The number of benzene rings is 1. The molecule has 0 heterocycles. The van der Waals surface area contributed by atoms with Crippen molar-refractivity contribution in [2.24, 2.45) is 0 Å². The molecule has 1 rings (SSSR count). The summed E-state index contributed by atoms with van der Waals surface area (Å²) in [5, 5.41) is 16.2. The van der Waals surface area contributed by atoms with Crippen LogP contribution in [0.3, 0.4) is 0 Å². The van der Waals surface area contributed by atoms with E-state index in [0.29, 0.717) is 11.3 Å². The molecule has 0 spiro atoms. The Balaban J connectivity index is 0.000000288. The number of hydrogen-bond acceptors (Lipinski definition) is 3. The average Bonchev–Trinajstić information content (AvgIpc) is 2.20. The third-order valence-electron chi connectivity index (χ3n) is 1.35. The highest BCUT2D eigenvalue weighted by molar-refractivity contribution is 7.80. The van der Waals surface area contributed by atoms with E-state index in [1.165, 1.54) is 0 Å². The molecule has 0 aliphatic heterocycles. The molecule has 0 saturated heterocycles. The Morgan fingerprint density at radius 2 is 1.67 bits per heavy atom. The SMILES string of the molecule is O=C(O)CCS.O=C(O)c1ccccc1. The zero-order chi connectivity index (χ0) is 11.7. The molecule has 0 saturated carbocycles. The Bertz CT molecular complexity index is 310. The van der Waals surface area contributed by atoms with Gasteiger partial charge in [-0.15, -0.1) is 0 Å². The lowest BCUT2D eigenvalue weighted by molar-refractivity contribution is -0.136. The van der Waals surface area contributed by atoms with Gasteiger partial charge < -0.3 is 10.2 Å². The summed E-state index contributed by atoms with van der Waals surface area (Å²) < 4.78 is 0. The van der Waals surface area contributed by atoms with Crippen LogP contribution in [0.4, 0.5) is 0 Å². The van der Waals surface area contributed by atoms with Crippen molar-refractivity contribution in [3.63, 3.8) is 0 Å². The molecule has 15 heavy (non-hydrogen) atoms. The molecule has 0 fully saturated rings. The summed E-state index contributed by atoms with van der Waals surface area (Å²) in [6, 6.07) is 8.30. The van der Waals surface area contributed by atoms with E-state index in [-0.39, 0.29) is 6.42 Å². The number of aliphatic carboxylic acids is 1. The summed E-state index contributed by atoms with van der Waals surface area (Å²) in [7, 11) is 0. The van der Waals surface area contributed by atoms with Gasteiger partial charge in [0, 0.05) is 5.75 Å². The highest BCUT2D eigenvalue weighted by Crippen LogP contribution is 1.96. The molecular formula is C10H12O4S. The fraction of sp³-hybridized carbons (Fsp3) is 0.200. The van der Waals surface area contributed by atoms with Crippen molar-refractivity contribution in [3.05, 3.63) is 35.9 Å². The molecule has 2 N–H and O–H groups in total. The highest BCUT2D eigenvalue weighted by Gasteiger charge is 1.96. The molecule has 0 amide bonds. The second-order valence-corrected chi connectivity index (χ2v) is 2.99. The zero-order valence-corrected chi connectivity index (χ0v) is 8.85. The van der Waals surface area contributed by atoms with Gasteiger partial charge in [0.2, 0.25) is 0 Å². The van der Waals surface area contributed by atoms with E-state index in [1.54, 1.807) is 30.3 Å². The van der Waals surface area contributed by atoms with E-state index in [1.807, 2.05) is 0 Å². The summed E-state index contributed by atoms with van der Waals surface area (Å²) in [6.07, 6.45) is 0.156. The second-order valence-electron chi connectivity index (χ2n) is 2.54. The molecule has 5 heteroatoms. The minimum Gasteiger partial charge on any atom is -0.481 e. The maximum Gasteiger partial charge on any atom is 0.335 e. The van der Waals surface area contributed by atoms with Gasteiger partial charge in [-0.2, -0.15) is 12.6 Å². The minimum atomic E-state index is -0.879. The number of hydrogen-bond donors (Lipinski definition) is 3. The molecule has 1 aromatic rings. The number of aromatic carboxylic acids is 1. The molecule has 0 unspecified atom stereocenters. The van der Waals surface area contributed by atoms with Crippen LogP contribution in [0.15, 0.2) is 30.3 Å². The van der Waals surface area contributed by atoms with E-state index in [9.17, 15) is 9.59 Å². The average molecular weight is 228 g/mol. The summed E-state index contributed by atoms with van der Waals surface area (Å²) in [6.45, 7) is 0. The first-order valence-corrected chi connectivity index (χ1v) is 4.82. The van der Waals surface area contributed by atoms with Crippen LogP contribution < -0.4 is 0 Å². The van der Waals surface area contributed by atoms with Crippen molar-refractivity contribution in [3.8, 4) is 0 Å². The molecule has 4 nitrogen and oxygen atoms in total. The highest BCUT2D eigenvalue weighted by atomic mass is 32.1. The van der Waals surface area contributed by atoms with Crippen LogP contribution >= 0.6 is 12.6 Å². The molecular weight excluding hydrogens is 216 g/mol. The van der Waals surface area contributed by atoms with E-state index < -0.39 is 11.9 Å². The number of carbonyl (C=O) groups is 2. The van der Waals surface area contributed by atoms with Gasteiger partial charge in [-0.25, -0.2) is 4.79 Å². The topological polar surface area (TPSA) is 74.6 Å². The van der Waals surface area contributed by atoms with Gasteiger partial charge >= 0.3 is 11.9 Å². The molecule has 1 aromatic carbocycles. The van der Waals surface area contributed by atoms with Gasteiger partial charge in [0.1, 0.15) is 0 Å². The van der Waals surface area contributed by atoms with Gasteiger partial charge in [-0.1, -0.05) is 18.2 Å².